The number of nitrogens with zero attached hydrogens (tertiary/aromatic N) is 2. The molecule has 3 rings (SSSR count). The van der Waals surface area contributed by atoms with Crippen LogP contribution in [0.5, 0.6) is 5.75 Å². The topological polar surface area (TPSA) is 61.9 Å². The summed E-state index contributed by atoms with van der Waals surface area (Å²) in [5.74, 6) is 0.560. The number of carbonyl (C=O) groups is 2. The van der Waals surface area contributed by atoms with E-state index in [2.05, 4.69) is 10.2 Å². The van der Waals surface area contributed by atoms with E-state index in [-0.39, 0.29) is 11.8 Å². The van der Waals surface area contributed by atoms with Crippen molar-refractivity contribution in [3.8, 4) is 5.75 Å². The highest BCUT2D eigenvalue weighted by molar-refractivity contribution is 6.30. The van der Waals surface area contributed by atoms with E-state index in [0.29, 0.717) is 43.5 Å². The molecule has 1 N–H and O–H groups in total. The number of amides is 2. The number of hydrogen-bond donors (Lipinski definition) is 1. The Bertz CT molecular complexity index is 852. The zero-order valence-electron chi connectivity index (χ0n) is 16.7. The molecule has 1 saturated heterocycles. The van der Waals surface area contributed by atoms with E-state index in [4.69, 9.17) is 16.3 Å². The smallest absolute Gasteiger partial charge is 0.263 e. The number of halogens is 1. The van der Waals surface area contributed by atoms with Gasteiger partial charge in [-0.2, -0.15) is 0 Å². The van der Waals surface area contributed by atoms with Crippen LogP contribution in [0.3, 0.4) is 0 Å². The Hall–Kier alpha value is -2.57. The van der Waals surface area contributed by atoms with Crippen molar-refractivity contribution in [2.75, 3.05) is 38.0 Å². The van der Waals surface area contributed by atoms with Gasteiger partial charge in [0, 0.05) is 36.9 Å². The molecule has 154 valence electrons. The second kappa shape index (κ2) is 9.76. The Morgan fingerprint density at radius 3 is 2.45 bits per heavy atom. The monoisotopic (exact) mass is 415 g/mol. The van der Waals surface area contributed by atoms with Gasteiger partial charge in [0.1, 0.15) is 5.75 Å². The van der Waals surface area contributed by atoms with Gasteiger partial charge in [0.25, 0.3) is 5.91 Å². The first kappa shape index (κ1) is 21.1. The standard InChI is InChI=1S/C22H26ClN3O3/c1-16-14-18(23)8-9-20(16)29-17(2)22(28)26-12-10-25(11-13-26)15-21(27)24-19-6-4-3-5-7-19/h3-9,14,17H,10-13,15H2,1-2H3,(H,24,27). The minimum absolute atomic E-state index is 0.0484. The molecule has 1 heterocycles. The Morgan fingerprint density at radius 2 is 1.79 bits per heavy atom. The van der Waals surface area contributed by atoms with E-state index in [9.17, 15) is 9.59 Å². The molecule has 1 atom stereocenters. The first-order valence-electron chi connectivity index (χ1n) is 9.71. The van der Waals surface area contributed by atoms with Crippen LogP contribution in [0.4, 0.5) is 5.69 Å². The first-order valence-corrected chi connectivity index (χ1v) is 10.1. The highest BCUT2D eigenvalue weighted by Crippen LogP contribution is 2.23. The number of para-hydroxylation sites is 1. The summed E-state index contributed by atoms with van der Waals surface area (Å²) >= 11 is 5.97. The van der Waals surface area contributed by atoms with Crippen molar-refractivity contribution in [3.63, 3.8) is 0 Å². The zero-order chi connectivity index (χ0) is 20.8. The number of rotatable bonds is 6. The van der Waals surface area contributed by atoms with Gasteiger partial charge in [0.15, 0.2) is 6.10 Å². The number of ether oxygens (including phenoxy) is 1. The molecule has 0 aromatic heterocycles. The minimum Gasteiger partial charge on any atom is -0.481 e. The molecule has 1 aliphatic rings. The Kier molecular flexibility index (Phi) is 7.12. The van der Waals surface area contributed by atoms with Crippen LogP contribution in [-0.4, -0.2) is 60.4 Å². The average Bonchev–Trinajstić information content (AvgIpc) is 2.70. The lowest BCUT2D eigenvalue weighted by molar-refractivity contribution is -0.139. The molecule has 0 saturated carbocycles. The second-order valence-corrected chi connectivity index (χ2v) is 7.62. The number of aryl methyl sites for hydroxylation is 1. The molecular formula is C22H26ClN3O3. The van der Waals surface area contributed by atoms with Crippen LogP contribution in [-0.2, 0) is 9.59 Å². The van der Waals surface area contributed by atoms with Crippen molar-refractivity contribution >= 4 is 29.1 Å². The molecule has 0 aliphatic carbocycles. The molecule has 1 fully saturated rings. The fourth-order valence-corrected chi connectivity index (χ4v) is 3.52. The van der Waals surface area contributed by atoms with Crippen molar-refractivity contribution in [1.82, 2.24) is 9.80 Å². The summed E-state index contributed by atoms with van der Waals surface area (Å²) in [6, 6.07) is 14.7. The summed E-state index contributed by atoms with van der Waals surface area (Å²) in [4.78, 5) is 28.8. The van der Waals surface area contributed by atoms with Crippen LogP contribution in [0, 0.1) is 6.92 Å². The SMILES string of the molecule is Cc1cc(Cl)ccc1OC(C)C(=O)N1CCN(CC(=O)Nc2ccccc2)CC1. The van der Waals surface area contributed by atoms with E-state index in [1.54, 1.807) is 24.0 Å². The van der Waals surface area contributed by atoms with Crippen LogP contribution in [0.1, 0.15) is 12.5 Å². The van der Waals surface area contributed by atoms with Crippen LogP contribution < -0.4 is 10.1 Å². The highest BCUT2D eigenvalue weighted by Gasteiger charge is 2.27. The van der Waals surface area contributed by atoms with E-state index in [1.807, 2.05) is 43.3 Å². The quantitative estimate of drug-likeness (QED) is 0.787. The maximum Gasteiger partial charge on any atom is 0.263 e. The zero-order valence-corrected chi connectivity index (χ0v) is 17.5. The first-order chi connectivity index (χ1) is 13.9. The lowest BCUT2D eigenvalue weighted by Crippen LogP contribution is -2.53. The van der Waals surface area contributed by atoms with Gasteiger partial charge >= 0.3 is 0 Å². The maximum absolute atomic E-state index is 12.7. The van der Waals surface area contributed by atoms with E-state index < -0.39 is 6.10 Å². The summed E-state index contributed by atoms with van der Waals surface area (Å²) in [5.41, 5.74) is 1.68. The van der Waals surface area contributed by atoms with Gasteiger partial charge in [-0.15, -0.1) is 0 Å². The van der Waals surface area contributed by atoms with Crippen LogP contribution in [0.2, 0.25) is 5.02 Å². The van der Waals surface area contributed by atoms with Gasteiger partial charge < -0.3 is 15.0 Å². The molecule has 1 unspecified atom stereocenters. The number of piperazine rings is 1. The van der Waals surface area contributed by atoms with E-state index in [0.717, 1.165) is 11.3 Å². The van der Waals surface area contributed by atoms with Crippen molar-refractivity contribution in [1.29, 1.82) is 0 Å². The predicted molar refractivity (Wildman–Crippen MR) is 114 cm³/mol. The Labute approximate surface area is 176 Å². The fraction of sp³-hybridized carbons (Fsp3) is 0.364. The van der Waals surface area contributed by atoms with Gasteiger partial charge in [-0.1, -0.05) is 29.8 Å². The maximum atomic E-state index is 12.7. The molecule has 2 aromatic carbocycles. The average molecular weight is 416 g/mol. The van der Waals surface area contributed by atoms with Crippen molar-refractivity contribution in [3.05, 3.63) is 59.1 Å². The number of anilines is 1. The molecule has 0 radical (unpaired) electrons. The molecule has 0 spiro atoms. The molecule has 29 heavy (non-hydrogen) atoms. The minimum atomic E-state index is -0.581. The van der Waals surface area contributed by atoms with Crippen molar-refractivity contribution < 1.29 is 14.3 Å². The van der Waals surface area contributed by atoms with Gasteiger partial charge in [0.05, 0.1) is 6.54 Å². The predicted octanol–water partition coefficient (Wildman–Crippen LogP) is 3.20. The van der Waals surface area contributed by atoms with E-state index in [1.165, 1.54) is 0 Å². The molecule has 1 aliphatic heterocycles. The van der Waals surface area contributed by atoms with E-state index >= 15 is 0 Å². The van der Waals surface area contributed by atoms with Crippen LogP contribution in [0.25, 0.3) is 0 Å². The molecule has 6 nitrogen and oxygen atoms in total. The highest BCUT2D eigenvalue weighted by atomic mass is 35.5. The summed E-state index contributed by atoms with van der Waals surface area (Å²) in [7, 11) is 0. The third-order valence-electron chi connectivity index (χ3n) is 4.90. The third kappa shape index (κ3) is 5.95. The molecule has 2 aromatic rings. The summed E-state index contributed by atoms with van der Waals surface area (Å²) < 4.78 is 5.85. The van der Waals surface area contributed by atoms with Gasteiger partial charge in [-0.05, 0) is 49.7 Å². The molecule has 0 bridgehead atoms. The summed E-state index contributed by atoms with van der Waals surface area (Å²) in [6.07, 6.45) is -0.581. The largest absolute Gasteiger partial charge is 0.481 e. The number of hydrogen-bond acceptors (Lipinski definition) is 4. The molecule has 2 amide bonds. The fourth-order valence-electron chi connectivity index (χ4n) is 3.29. The molecular weight excluding hydrogens is 390 g/mol. The number of carbonyl (C=O) groups excluding carboxylic acids is 2. The lowest BCUT2D eigenvalue weighted by Gasteiger charge is -2.35. The van der Waals surface area contributed by atoms with Crippen molar-refractivity contribution in [2.45, 2.75) is 20.0 Å². The van der Waals surface area contributed by atoms with Crippen molar-refractivity contribution in [2.24, 2.45) is 0 Å². The Balaban J connectivity index is 1.45. The lowest BCUT2D eigenvalue weighted by atomic mass is 10.2. The molecule has 7 heteroatoms. The normalized spacial score (nSPS) is 15.6. The summed E-state index contributed by atoms with van der Waals surface area (Å²) in [6.45, 7) is 6.43. The second-order valence-electron chi connectivity index (χ2n) is 7.19. The van der Waals surface area contributed by atoms with Gasteiger partial charge in [-0.3, -0.25) is 14.5 Å². The van der Waals surface area contributed by atoms with Gasteiger partial charge in [-0.25, -0.2) is 0 Å². The Morgan fingerprint density at radius 1 is 1.10 bits per heavy atom. The third-order valence-corrected chi connectivity index (χ3v) is 5.13. The van der Waals surface area contributed by atoms with Crippen LogP contribution in [0.15, 0.2) is 48.5 Å². The van der Waals surface area contributed by atoms with Crippen LogP contribution >= 0.6 is 11.6 Å². The number of nitrogens with one attached hydrogen (secondary N) is 1. The number of benzene rings is 2. The summed E-state index contributed by atoms with van der Waals surface area (Å²) in [5, 5.41) is 3.53. The van der Waals surface area contributed by atoms with Gasteiger partial charge in [0.2, 0.25) is 5.91 Å².